The molecule has 0 radical (unpaired) electrons. The molecular formula is C15H22N2O4S. The molecule has 6 nitrogen and oxygen atoms in total. The minimum absolute atomic E-state index is 0.184. The molecule has 1 aromatic heterocycles. The summed E-state index contributed by atoms with van der Waals surface area (Å²) in [5.41, 5.74) is 1.09. The van der Waals surface area contributed by atoms with Crippen molar-refractivity contribution < 1.29 is 17.9 Å². The third-order valence-corrected chi connectivity index (χ3v) is 4.87. The summed E-state index contributed by atoms with van der Waals surface area (Å²) < 4.78 is 31.5. The lowest BCUT2D eigenvalue weighted by atomic mass is 10.1. The number of ether oxygens (including phenoxy) is 1. The lowest BCUT2D eigenvalue weighted by molar-refractivity contribution is 0.0304. The molecule has 1 N–H and O–H groups in total. The Hall–Kier alpha value is -1.47. The predicted molar refractivity (Wildman–Crippen MR) is 83.2 cm³/mol. The van der Waals surface area contributed by atoms with Gasteiger partial charge in [-0.05, 0) is 37.3 Å². The van der Waals surface area contributed by atoms with Gasteiger partial charge >= 0.3 is 0 Å². The third kappa shape index (κ3) is 4.78. The second-order valence-corrected chi connectivity index (χ2v) is 7.59. The van der Waals surface area contributed by atoms with E-state index >= 15 is 0 Å². The lowest BCUT2D eigenvalue weighted by Crippen LogP contribution is -2.38. The number of hydrogen-bond acceptors (Lipinski definition) is 5. The standard InChI is InChI=1S/C15H22N2O4S/c1-11(2)14-7-6-12(9-16-14)15(18)17-22(19,20)10-13-5-3-4-8-21-13/h6-7,9,11,13H,3-5,8,10H2,1-2H3,(H,17,18)/t13-/m1/s1. The van der Waals surface area contributed by atoms with Gasteiger partial charge in [0.05, 0.1) is 17.4 Å². The Labute approximate surface area is 131 Å². The van der Waals surface area contributed by atoms with Crippen LogP contribution in [0, 0.1) is 0 Å². The van der Waals surface area contributed by atoms with Crippen LogP contribution in [0.15, 0.2) is 18.3 Å². The number of pyridine rings is 1. The molecule has 0 spiro atoms. The second kappa shape index (κ2) is 7.19. The van der Waals surface area contributed by atoms with Gasteiger partial charge in [0.2, 0.25) is 10.0 Å². The minimum atomic E-state index is -3.71. The number of nitrogens with one attached hydrogen (secondary N) is 1. The summed E-state index contributed by atoms with van der Waals surface area (Å²) in [6.07, 6.45) is 3.68. The fraction of sp³-hybridized carbons (Fsp3) is 0.600. The fourth-order valence-corrected chi connectivity index (χ4v) is 3.54. The molecule has 22 heavy (non-hydrogen) atoms. The Bertz CT molecular complexity index is 605. The largest absolute Gasteiger partial charge is 0.377 e. The van der Waals surface area contributed by atoms with Crippen LogP contribution in [0.1, 0.15) is 55.1 Å². The molecule has 1 fully saturated rings. The molecular weight excluding hydrogens is 304 g/mol. The van der Waals surface area contributed by atoms with Crippen LogP contribution in [-0.4, -0.2) is 37.8 Å². The van der Waals surface area contributed by atoms with Crippen molar-refractivity contribution in [3.05, 3.63) is 29.6 Å². The summed E-state index contributed by atoms with van der Waals surface area (Å²) in [7, 11) is -3.71. The monoisotopic (exact) mass is 326 g/mol. The van der Waals surface area contributed by atoms with E-state index in [9.17, 15) is 13.2 Å². The number of rotatable bonds is 5. The quantitative estimate of drug-likeness (QED) is 0.892. The van der Waals surface area contributed by atoms with Crippen LogP contribution in [0.25, 0.3) is 0 Å². The highest BCUT2D eigenvalue weighted by atomic mass is 32.2. The van der Waals surface area contributed by atoms with Gasteiger partial charge < -0.3 is 4.74 Å². The van der Waals surface area contributed by atoms with Crippen molar-refractivity contribution in [1.29, 1.82) is 0 Å². The van der Waals surface area contributed by atoms with Gasteiger partial charge in [0.1, 0.15) is 0 Å². The van der Waals surface area contributed by atoms with Crippen LogP contribution in [0.4, 0.5) is 0 Å². The minimum Gasteiger partial charge on any atom is -0.377 e. The predicted octanol–water partition coefficient (Wildman–Crippen LogP) is 1.83. The molecule has 0 aromatic carbocycles. The highest BCUT2D eigenvalue weighted by Gasteiger charge is 2.24. The molecule has 1 atom stereocenters. The summed E-state index contributed by atoms with van der Waals surface area (Å²) >= 11 is 0. The molecule has 122 valence electrons. The van der Waals surface area contributed by atoms with Crippen molar-refractivity contribution in [3.63, 3.8) is 0 Å². The highest BCUT2D eigenvalue weighted by molar-refractivity contribution is 7.90. The summed E-state index contributed by atoms with van der Waals surface area (Å²) in [5, 5.41) is 0. The normalized spacial score (nSPS) is 19.1. The van der Waals surface area contributed by atoms with Crippen LogP contribution < -0.4 is 4.72 Å². The van der Waals surface area contributed by atoms with Crippen molar-refractivity contribution in [2.45, 2.75) is 45.1 Å². The topological polar surface area (TPSA) is 85.4 Å². The first-order valence-electron chi connectivity index (χ1n) is 7.50. The van der Waals surface area contributed by atoms with Gasteiger partial charge in [-0.1, -0.05) is 13.8 Å². The molecule has 0 saturated carbocycles. The van der Waals surface area contributed by atoms with Gasteiger partial charge in [-0.15, -0.1) is 0 Å². The SMILES string of the molecule is CC(C)c1ccc(C(=O)NS(=O)(=O)C[C@H]2CCCCO2)cn1. The van der Waals surface area contributed by atoms with E-state index in [1.165, 1.54) is 6.20 Å². The van der Waals surface area contributed by atoms with E-state index in [0.29, 0.717) is 13.0 Å². The summed E-state index contributed by atoms with van der Waals surface area (Å²) in [5.74, 6) is -0.584. The van der Waals surface area contributed by atoms with E-state index in [1.54, 1.807) is 12.1 Å². The first-order valence-corrected chi connectivity index (χ1v) is 9.15. The number of carbonyl (C=O) groups excluding carboxylic acids is 1. The molecule has 1 aromatic rings. The molecule has 1 aliphatic heterocycles. The van der Waals surface area contributed by atoms with E-state index in [4.69, 9.17) is 4.74 Å². The van der Waals surface area contributed by atoms with Crippen molar-refractivity contribution in [1.82, 2.24) is 9.71 Å². The van der Waals surface area contributed by atoms with Crippen molar-refractivity contribution in [3.8, 4) is 0 Å². The van der Waals surface area contributed by atoms with E-state index in [-0.39, 0.29) is 23.3 Å². The molecule has 2 heterocycles. The maximum absolute atomic E-state index is 12.0. The molecule has 1 amide bonds. The number of carbonyl (C=O) groups is 1. The van der Waals surface area contributed by atoms with Crippen LogP contribution in [0.2, 0.25) is 0 Å². The van der Waals surface area contributed by atoms with Crippen LogP contribution in [-0.2, 0) is 14.8 Å². The van der Waals surface area contributed by atoms with E-state index in [2.05, 4.69) is 9.71 Å². The maximum Gasteiger partial charge on any atom is 0.266 e. The average Bonchev–Trinajstić information content (AvgIpc) is 2.47. The van der Waals surface area contributed by atoms with Crippen molar-refractivity contribution in [2.75, 3.05) is 12.4 Å². The Morgan fingerprint density at radius 2 is 2.18 bits per heavy atom. The van der Waals surface area contributed by atoms with Gasteiger partial charge in [-0.3, -0.25) is 9.78 Å². The smallest absolute Gasteiger partial charge is 0.266 e. The number of hydrogen-bond donors (Lipinski definition) is 1. The Kier molecular flexibility index (Phi) is 5.52. The molecule has 0 bridgehead atoms. The van der Waals surface area contributed by atoms with Crippen molar-refractivity contribution in [2.24, 2.45) is 0 Å². The number of sulfonamides is 1. The summed E-state index contributed by atoms with van der Waals surface area (Å²) in [6.45, 7) is 4.57. The van der Waals surface area contributed by atoms with Gasteiger partial charge in [-0.25, -0.2) is 13.1 Å². The maximum atomic E-state index is 12.0. The molecule has 0 unspecified atom stereocenters. The van der Waals surface area contributed by atoms with Gasteiger partial charge in [0.15, 0.2) is 0 Å². The van der Waals surface area contributed by atoms with Gasteiger partial charge in [-0.2, -0.15) is 0 Å². The average molecular weight is 326 g/mol. The van der Waals surface area contributed by atoms with Crippen molar-refractivity contribution >= 4 is 15.9 Å². The number of nitrogens with zero attached hydrogens (tertiary/aromatic N) is 1. The number of aromatic nitrogens is 1. The van der Waals surface area contributed by atoms with E-state index in [0.717, 1.165) is 18.5 Å². The molecule has 1 aliphatic rings. The molecule has 0 aliphatic carbocycles. The zero-order valence-electron chi connectivity index (χ0n) is 12.9. The molecule has 1 saturated heterocycles. The first kappa shape index (κ1) is 16.9. The van der Waals surface area contributed by atoms with E-state index in [1.807, 2.05) is 13.8 Å². The number of amides is 1. The third-order valence-electron chi connectivity index (χ3n) is 3.57. The Morgan fingerprint density at radius 1 is 1.41 bits per heavy atom. The Balaban J connectivity index is 1.97. The van der Waals surface area contributed by atoms with Gasteiger partial charge in [0, 0.05) is 18.5 Å². The zero-order chi connectivity index (χ0) is 16.2. The van der Waals surface area contributed by atoms with Crippen LogP contribution in [0.3, 0.4) is 0 Å². The second-order valence-electron chi connectivity index (χ2n) is 5.83. The summed E-state index contributed by atoms with van der Waals surface area (Å²) in [4.78, 5) is 16.2. The zero-order valence-corrected chi connectivity index (χ0v) is 13.7. The highest BCUT2D eigenvalue weighted by Crippen LogP contribution is 2.15. The van der Waals surface area contributed by atoms with Crippen LogP contribution >= 0.6 is 0 Å². The lowest BCUT2D eigenvalue weighted by Gasteiger charge is -2.22. The van der Waals surface area contributed by atoms with Gasteiger partial charge in [0.25, 0.3) is 5.91 Å². The summed E-state index contributed by atoms with van der Waals surface area (Å²) in [6, 6.07) is 3.32. The van der Waals surface area contributed by atoms with Crippen LogP contribution in [0.5, 0.6) is 0 Å². The first-order chi connectivity index (χ1) is 10.4. The molecule has 7 heteroatoms. The fourth-order valence-electron chi connectivity index (χ4n) is 2.31. The Morgan fingerprint density at radius 3 is 2.73 bits per heavy atom. The molecule has 2 rings (SSSR count). The van der Waals surface area contributed by atoms with E-state index < -0.39 is 15.9 Å².